The molecule has 7 heteroatoms. The standard InChI is InChI=1S/C19H24N2O4S/c1-14-9-11-16(12-10-14)15(2)20(3)19(22)17-7-6-8-18(13-17)26(23,24)21(4)25-5/h6-13,15H,1-5H3. The van der Waals surface area contributed by atoms with Crippen LogP contribution in [0.5, 0.6) is 0 Å². The minimum Gasteiger partial charge on any atom is -0.335 e. The highest BCUT2D eigenvalue weighted by atomic mass is 32.2. The lowest BCUT2D eigenvalue weighted by Gasteiger charge is -2.26. The van der Waals surface area contributed by atoms with Crippen molar-refractivity contribution in [3.63, 3.8) is 0 Å². The molecule has 0 fully saturated rings. The minimum atomic E-state index is -3.81. The Morgan fingerprint density at radius 2 is 1.69 bits per heavy atom. The van der Waals surface area contributed by atoms with E-state index in [4.69, 9.17) is 4.84 Å². The lowest BCUT2D eigenvalue weighted by molar-refractivity contribution is -0.0258. The van der Waals surface area contributed by atoms with Gasteiger partial charge in [-0.3, -0.25) is 9.63 Å². The van der Waals surface area contributed by atoms with Crippen LogP contribution in [0, 0.1) is 6.92 Å². The van der Waals surface area contributed by atoms with Crippen LogP contribution in [0.4, 0.5) is 0 Å². The molecule has 1 unspecified atom stereocenters. The zero-order chi connectivity index (χ0) is 19.5. The monoisotopic (exact) mass is 376 g/mol. The first-order valence-corrected chi connectivity index (χ1v) is 9.59. The summed E-state index contributed by atoms with van der Waals surface area (Å²) in [5.74, 6) is -0.254. The summed E-state index contributed by atoms with van der Waals surface area (Å²) in [6.07, 6.45) is 0. The van der Waals surface area contributed by atoms with Gasteiger partial charge in [-0.25, -0.2) is 8.42 Å². The summed E-state index contributed by atoms with van der Waals surface area (Å²) in [4.78, 5) is 19.2. The first-order valence-electron chi connectivity index (χ1n) is 8.15. The summed E-state index contributed by atoms with van der Waals surface area (Å²) in [7, 11) is 0.465. The van der Waals surface area contributed by atoms with Crippen LogP contribution in [-0.2, 0) is 14.9 Å². The molecule has 2 aromatic rings. The van der Waals surface area contributed by atoms with Crippen molar-refractivity contribution in [2.24, 2.45) is 0 Å². The van der Waals surface area contributed by atoms with Crippen LogP contribution in [-0.4, -0.2) is 44.9 Å². The van der Waals surface area contributed by atoms with Gasteiger partial charge in [0.1, 0.15) is 0 Å². The SMILES string of the molecule is CON(C)S(=O)(=O)c1cccc(C(=O)N(C)C(C)c2ccc(C)cc2)c1. The molecule has 0 N–H and O–H groups in total. The Labute approximate surface area is 155 Å². The fourth-order valence-electron chi connectivity index (χ4n) is 2.48. The van der Waals surface area contributed by atoms with Gasteiger partial charge >= 0.3 is 0 Å². The number of hydroxylamine groups is 1. The number of rotatable bonds is 6. The van der Waals surface area contributed by atoms with E-state index in [0.29, 0.717) is 5.56 Å². The quantitative estimate of drug-likeness (QED) is 0.727. The Kier molecular flexibility index (Phi) is 6.17. The molecule has 0 saturated heterocycles. The minimum absolute atomic E-state index is 0.00379. The first kappa shape index (κ1) is 20.1. The molecule has 6 nitrogen and oxygen atoms in total. The number of carbonyl (C=O) groups excluding carboxylic acids is 1. The highest BCUT2D eigenvalue weighted by molar-refractivity contribution is 7.89. The van der Waals surface area contributed by atoms with Crippen molar-refractivity contribution in [3.8, 4) is 0 Å². The highest BCUT2D eigenvalue weighted by Gasteiger charge is 2.24. The summed E-state index contributed by atoms with van der Waals surface area (Å²) in [6, 6.07) is 13.8. The molecule has 0 saturated carbocycles. The Balaban J connectivity index is 2.29. The number of sulfonamides is 1. The Morgan fingerprint density at radius 1 is 1.08 bits per heavy atom. The van der Waals surface area contributed by atoms with Gasteiger partial charge in [-0.1, -0.05) is 40.4 Å². The molecule has 2 rings (SSSR count). The molecule has 0 heterocycles. The van der Waals surface area contributed by atoms with Gasteiger partial charge in [0.15, 0.2) is 0 Å². The second kappa shape index (κ2) is 7.99. The van der Waals surface area contributed by atoms with Gasteiger partial charge in [0.05, 0.1) is 18.0 Å². The van der Waals surface area contributed by atoms with E-state index in [2.05, 4.69) is 0 Å². The van der Waals surface area contributed by atoms with Crippen LogP contribution in [0.1, 0.15) is 34.5 Å². The van der Waals surface area contributed by atoms with Gasteiger partial charge in [0, 0.05) is 19.7 Å². The van der Waals surface area contributed by atoms with Crippen molar-refractivity contribution in [2.75, 3.05) is 21.2 Å². The van der Waals surface area contributed by atoms with Crippen LogP contribution in [0.3, 0.4) is 0 Å². The average molecular weight is 376 g/mol. The number of amides is 1. The highest BCUT2D eigenvalue weighted by Crippen LogP contribution is 2.23. The third-order valence-electron chi connectivity index (χ3n) is 4.44. The molecule has 1 atom stereocenters. The van der Waals surface area contributed by atoms with E-state index < -0.39 is 10.0 Å². The van der Waals surface area contributed by atoms with Gasteiger partial charge in [0.25, 0.3) is 15.9 Å². The Bertz CT molecular complexity index is 879. The van der Waals surface area contributed by atoms with Gasteiger partial charge in [-0.05, 0) is 37.6 Å². The molecule has 140 valence electrons. The molecule has 26 heavy (non-hydrogen) atoms. The number of hydrogen-bond acceptors (Lipinski definition) is 4. The molecular formula is C19H24N2O4S. The van der Waals surface area contributed by atoms with Gasteiger partial charge in [0.2, 0.25) is 0 Å². The molecule has 1 amide bonds. The maximum atomic E-state index is 12.8. The Hall–Kier alpha value is -2.22. The van der Waals surface area contributed by atoms with Crippen molar-refractivity contribution in [2.45, 2.75) is 24.8 Å². The van der Waals surface area contributed by atoms with E-state index in [-0.39, 0.29) is 16.8 Å². The largest absolute Gasteiger partial charge is 0.335 e. The van der Waals surface area contributed by atoms with Crippen molar-refractivity contribution >= 4 is 15.9 Å². The van der Waals surface area contributed by atoms with Crippen molar-refractivity contribution in [1.82, 2.24) is 9.37 Å². The number of benzene rings is 2. The van der Waals surface area contributed by atoms with Gasteiger partial charge in [-0.15, -0.1) is 0 Å². The lowest BCUT2D eigenvalue weighted by atomic mass is 10.0. The molecule has 0 aliphatic carbocycles. The molecule has 0 aliphatic rings. The second-order valence-corrected chi connectivity index (χ2v) is 8.06. The zero-order valence-corrected chi connectivity index (χ0v) is 16.4. The summed E-state index contributed by atoms with van der Waals surface area (Å²) >= 11 is 0. The van der Waals surface area contributed by atoms with E-state index in [1.165, 1.54) is 26.3 Å². The maximum Gasteiger partial charge on any atom is 0.264 e. The van der Waals surface area contributed by atoms with Crippen LogP contribution in [0.2, 0.25) is 0 Å². The van der Waals surface area contributed by atoms with E-state index in [1.807, 2.05) is 38.1 Å². The predicted molar refractivity (Wildman–Crippen MR) is 100 cm³/mol. The predicted octanol–water partition coefficient (Wildman–Crippen LogP) is 3.01. The summed E-state index contributed by atoms with van der Waals surface area (Å²) < 4.78 is 25.5. The van der Waals surface area contributed by atoms with Crippen LogP contribution >= 0.6 is 0 Å². The maximum absolute atomic E-state index is 12.8. The van der Waals surface area contributed by atoms with Gasteiger partial charge < -0.3 is 4.90 Å². The van der Waals surface area contributed by atoms with E-state index in [0.717, 1.165) is 15.6 Å². The fourth-order valence-corrected chi connectivity index (χ4v) is 3.50. The smallest absolute Gasteiger partial charge is 0.264 e. The first-order chi connectivity index (χ1) is 12.2. The number of hydrogen-bond donors (Lipinski definition) is 0. The lowest BCUT2D eigenvalue weighted by Crippen LogP contribution is -2.30. The number of nitrogens with zero attached hydrogens (tertiary/aromatic N) is 2. The summed E-state index contributed by atoms with van der Waals surface area (Å²) in [5, 5.41) is 0. The number of aryl methyl sites for hydroxylation is 1. The molecule has 2 aromatic carbocycles. The molecule has 0 spiro atoms. The number of carbonyl (C=O) groups is 1. The van der Waals surface area contributed by atoms with Crippen molar-refractivity contribution < 1.29 is 18.0 Å². The fraction of sp³-hybridized carbons (Fsp3) is 0.316. The normalized spacial score (nSPS) is 12.8. The third-order valence-corrected chi connectivity index (χ3v) is 6.11. The van der Waals surface area contributed by atoms with Crippen LogP contribution < -0.4 is 0 Å². The summed E-state index contributed by atoms with van der Waals surface area (Å²) in [5.41, 5.74) is 2.46. The van der Waals surface area contributed by atoms with E-state index in [1.54, 1.807) is 24.1 Å². The summed E-state index contributed by atoms with van der Waals surface area (Å²) in [6.45, 7) is 3.94. The van der Waals surface area contributed by atoms with Crippen LogP contribution in [0.15, 0.2) is 53.4 Å². The molecular weight excluding hydrogens is 352 g/mol. The van der Waals surface area contributed by atoms with Gasteiger partial charge in [-0.2, -0.15) is 0 Å². The molecule has 0 aromatic heterocycles. The molecule has 0 aliphatic heterocycles. The van der Waals surface area contributed by atoms with Crippen molar-refractivity contribution in [3.05, 3.63) is 65.2 Å². The second-order valence-electron chi connectivity index (χ2n) is 6.13. The molecule has 0 radical (unpaired) electrons. The topological polar surface area (TPSA) is 66.9 Å². The Morgan fingerprint density at radius 3 is 2.27 bits per heavy atom. The third kappa shape index (κ3) is 4.12. The zero-order valence-electron chi connectivity index (χ0n) is 15.6. The average Bonchev–Trinajstić information content (AvgIpc) is 2.66. The van der Waals surface area contributed by atoms with Crippen molar-refractivity contribution in [1.29, 1.82) is 0 Å². The van der Waals surface area contributed by atoms with E-state index >= 15 is 0 Å². The van der Waals surface area contributed by atoms with E-state index in [9.17, 15) is 13.2 Å². The molecule has 0 bridgehead atoms. The van der Waals surface area contributed by atoms with Crippen LogP contribution in [0.25, 0.3) is 0 Å².